The van der Waals surface area contributed by atoms with Gasteiger partial charge in [0.15, 0.2) is 11.5 Å². The lowest BCUT2D eigenvalue weighted by atomic mass is 9.94. The van der Waals surface area contributed by atoms with Crippen LogP contribution in [0.15, 0.2) is 65.8 Å². The van der Waals surface area contributed by atoms with Crippen LogP contribution in [0.25, 0.3) is 22.7 Å². The minimum atomic E-state index is -4.56. The molecule has 4 rings (SSSR count). The van der Waals surface area contributed by atoms with Crippen molar-refractivity contribution in [2.24, 2.45) is 0 Å². The highest BCUT2D eigenvalue weighted by Gasteiger charge is 2.33. The lowest BCUT2D eigenvalue weighted by molar-refractivity contribution is -0.141. The number of benzene rings is 1. The van der Waals surface area contributed by atoms with Crippen molar-refractivity contribution in [3.8, 4) is 22.7 Å². The summed E-state index contributed by atoms with van der Waals surface area (Å²) < 4.78 is 43.6. The third kappa shape index (κ3) is 5.14. The van der Waals surface area contributed by atoms with Gasteiger partial charge in [-0.1, -0.05) is 13.0 Å². The van der Waals surface area contributed by atoms with Crippen molar-refractivity contribution in [1.29, 1.82) is 0 Å². The fourth-order valence-electron chi connectivity index (χ4n) is 3.30. The largest absolute Gasteiger partial charge is 0.445 e. The number of aromatic nitrogens is 4. The summed E-state index contributed by atoms with van der Waals surface area (Å²) in [5.41, 5.74) is 2.67. The normalized spacial score (nSPS) is 12.5. The average Bonchev–Trinajstić information content (AvgIpc) is 3.34. The highest BCUT2D eigenvalue weighted by molar-refractivity contribution is 5.98. The molecule has 1 atom stereocenters. The Morgan fingerprint density at radius 3 is 2.39 bits per heavy atom. The van der Waals surface area contributed by atoms with Gasteiger partial charge >= 0.3 is 6.18 Å². The van der Waals surface area contributed by atoms with E-state index in [-0.39, 0.29) is 12.2 Å². The molecule has 0 aliphatic carbocycles. The van der Waals surface area contributed by atoms with Gasteiger partial charge in [0.2, 0.25) is 5.89 Å². The number of halogens is 3. The van der Waals surface area contributed by atoms with Gasteiger partial charge in [0.05, 0.1) is 23.8 Å². The van der Waals surface area contributed by atoms with Crippen LogP contribution in [0.5, 0.6) is 0 Å². The van der Waals surface area contributed by atoms with Gasteiger partial charge in [0, 0.05) is 41.4 Å². The van der Waals surface area contributed by atoms with Gasteiger partial charge in [0.1, 0.15) is 6.26 Å². The van der Waals surface area contributed by atoms with Gasteiger partial charge in [-0.2, -0.15) is 13.2 Å². The van der Waals surface area contributed by atoms with E-state index in [0.717, 1.165) is 17.3 Å². The fourth-order valence-corrected chi connectivity index (χ4v) is 3.30. The van der Waals surface area contributed by atoms with Crippen molar-refractivity contribution >= 4 is 5.78 Å². The summed E-state index contributed by atoms with van der Waals surface area (Å²) in [5.74, 6) is -0.274. The first-order valence-corrected chi connectivity index (χ1v) is 10.1. The highest BCUT2D eigenvalue weighted by atomic mass is 19.4. The van der Waals surface area contributed by atoms with Crippen molar-refractivity contribution < 1.29 is 22.4 Å². The molecular formula is C24H19F3N4O2. The van der Waals surface area contributed by atoms with Crippen LogP contribution in [0, 0.1) is 6.92 Å². The minimum absolute atomic E-state index is 0.0375. The first-order valence-electron chi connectivity index (χ1n) is 10.1. The SMILES string of the molecule is Cc1ccc(-c2cc(C(=O)C[C@H](C)c3cnc(C(F)(F)F)cn3)cc(-c3ncco3)c2)nc1. The number of hydrogen-bond acceptors (Lipinski definition) is 6. The van der Waals surface area contributed by atoms with E-state index in [1.54, 1.807) is 25.3 Å². The molecule has 0 spiro atoms. The Labute approximate surface area is 187 Å². The van der Waals surface area contributed by atoms with E-state index < -0.39 is 17.8 Å². The van der Waals surface area contributed by atoms with E-state index in [0.29, 0.717) is 34.6 Å². The zero-order valence-corrected chi connectivity index (χ0v) is 17.8. The Balaban J connectivity index is 1.63. The summed E-state index contributed by atoms with van der Waals surface area (Å²) in [7, 11) is 0. The van der Waals surface area contributed by atoms with Crippen molar-refractivity contribution in [1.82, 2.24) is 19.9 Å². The maximum Gasteiger partial charge on any atom is 0.434 e. The van der Waals surface area contributed by atoms with Gasteiger partial charge in [-0.15, -0.1) is 0 Å². The fraction of sp³-hybridized carbons (Fsp3) is 0.208. The van der Waals surface area contributed by atoms with Crippen LogP contribution in [0.2, 0.25) is 0 Å². The molecule has 0 radical (unpaired) electrons. The predicted molar refractivity (Wildman–Crippen MR) is 114 cm³/mol. The Hall–Kier alpha value is -3.88. The third-order valence-corrected chi connectivity index (χ3v) is 5.10. The topological polar surface area (TPSA) is 81.8 Å². The maximum absolute atomic E-state index is 13.1. The summed E-state index contributed by atoms with van der Waals surface area (Å²) in [6, 6.07) is 9.03. The Morgan fingerprint density at radius 1 is 1.00 bits per heavy atom. The Bertz CT molecular complexity index is 1250. The van der Waals surface area contributed by atoms with Crippen LogP contribution in [-0.2, 0) is 6.18 Å². The molecule has 0 N–H and O–H groups in total. The number of aryl methyl sites for hydroxylation is 1. The molecule has 0 fully saturated rings. The molecule has 6 nitrogen and oxygen atoms in total. The second-order valence-electron chi connectivity index (χ2n) is 7.71. The third-order valence-electron chi connectivity index (χ3n) is 5.10. The number of Topliss-reactive ketones (excluding diaryl/α,β-unsaturated/α-hetero) is 1. The summed E-state index contributed by atoms with van der Waals surface area (Å²) in [5, 5.41) is 0. The van der Waals surface area contributed by atoms with Gasteiger partial charge in [0.25, 0.3) is 0 Å². The van der Waals surface area contributed by atoms with Crippen molar-refractivity contribution in [2.45, 2.75) is 32.4 Å². The molecule has 0 aliphatic heterocycles. The maximum atomic E-state index is 13.1. The molecule has 3 aromatic heterocycles. The van der Waals surface area contributed by atoms with E-state index >= 15 is 0 Å². The van der Waals surface area contributed by atoms with Crippen LogP contribution < -0.4 is 0 Å². The Morgan fingerprint density at radius 2 is 1.79 bits per heavy atom. The van der Waals surface area contributed by atoms with Crippen molar-refractivity contribution in [2.75, 3.05) is 0 Å². The molecule has 4 aromatic rings. The lowest BCUT2D eigenvalue weighted by Gasteiger charge is -2.13. The predicted octanol–water partition coefficient (Wildman–Crippen LogP) is 5.90. The lowest BCUT2D eigenvalue weighted by Crippen LogP contribution is -2.11. The van der Waals surface area contributed by atoms with Gasteiger partial charge < -0.3 is 4.42 Å². The smallest absolute Gasteiger partial charge is 0.434 e. The number of nitrogens with zero attached hydrogens (tertiary/aromatic N) is 4. The number of pyridine rings is 1. The van der Waals surface area contributed by atoms with E-state index in [1.807, 2.05) is 25.1 Å². The number of alkyl halides is 3. The summed E-state index contributed by atoms with van der Waals surface area (Å²) >= 11 is 0. The average molecular weight is 452 g/mol. The standard InChI is InChI=1S/C24H19F3N4O2/c1-14-3-4-19(29-11-14)16-8-17(10-18(9-16)23-28-5-6-33-23)21(32)7-15(2)20-12-31-22(13-30-20)24(25,26)27/h3-6,8-13,15H,7H2,1-2H3/t15-/m0/s1. The summed E-state index contributed by atoms with van der Waals surface area (Å²) in [6.07, 6.45) is 1.91. The number of rotatable bonds is 6. The molecule has 0 saturated heterocycles. The zero-order valence-electron chi connectivity index (χ0n) is 17.8. The highest BCUT2D eigenvalue weighted by Crippen LogP contribution is 2.30. The second-order valence-corrected chi connectivity index (χ2v) is 7.71. The van der Waals surface area contributed by atoms with Gasteiger partial charge in [-0.3, -0.25) is 14.8 Å². The monoisotopic (exact) mass is 452 g/mol. The molecule has 1 aromatic carbocycles. The number of oxazole rings is 1. The molecule has 0 saturated carbocycles. The first-order chi connectivity index (χ1) is 15.7. The molecule has 0 bridgehead atoms. The van der Waals surface area contributed by atoms with E-state index in [9.17, 15) is 18.0 Å². The van der Waals surface area contributed by atoms with Crippen LogP contribution in [0.3, 0.4) is 0 Å². The van der Waals surface area contributed by atoms with Crippen LogP contribution in [0.4, 0.5) is 13.2 Å². The number of carbonyl (C=O) groups is 1. The first kappa shape index (κ1) is 22.3. The van der Waals surface area contributed by atoms with Crippen LogP contribution in [0.1, 0.15) is 46.6 Å². The van der Waals surface area contributed by atoms with Crippen molar-refractivity contribution in [3.05, 3.63) is 83.9 Å². The van der Waals surface area contributed by atoms with Gasteiger partial charge in [-0.25, -0.2) is 9.97 Å². The Kier molecular flexibility index (Phi) is 6.04. The molecule has 0 unspecified atom stereocenters. The molecule has 0 amide bonds. The molecule has 168 valence electrons. The minimum Gasteiger partial charge on any atom is -0.445 e. The van der Waals surface area contributed by atoms with Crippen molar-refractivity contribution in [3.63, 3.8) is 0 Å². The van der Waals surface area contributed by atoms with E-state index in [4.69, 9.17) is 4.42 Å². The second kappa shape index (κ2) is 8.93. The van der Waals surface area contributed by atoms with Crippen LogP contribution >= 0.6 is 0 Å². The molecule has 3 heterocycles. The van der Waals surface area contributed by atoms with E-state index in [2.05, 4.69) is 19.9 Å². The zero-order chi connectivity index (χ0) is 23.6. The molecule has 33 heavy (non-hydrogen) atoms. The quantitative estimate of drug-likeness (QED) is 0.339. The van der Waals surface area contributed by atoms with Crippen LogP contribution in [-0.4, -0.2) is 25.7 Å². The van der Waals surface area contributed by atoms with E-state index in [1.165, 1.54) is 12.5 Å². The summed E-state index contributed by atoms with van der Waals surface area (Å²) in [4.78, 5) is 29.0. The summed E-state index contributed by atoms with van der Waals surface area (Å²) in [6.45, 7) is 3.65. The molecule has 9 heteroatoms. The number of ketones is 1. The molecule has 0 aliphatic rings. The molecular weight excluding hydrogens is 433 g/mol. The van der Waals surface area contributed by atoms with Gasteiger partial charge in [-0.05, 0) is 36.8 Å². The number of carbonyl (C=O) groups excluding carboxylic acids is 1. The number of hydrogen-bond donors (Lipinski definition) is 0.